The molecule has 2 atom stereocenters. The lowest BCUT2D eigenvalue weighted by molar-refractivity contribution is 0.205. The smallest absolute Gasteiger partial charge is 0.181 e. The zero-order chi connectivity index (χ0) is 13.2. The average molecular weight is 259 g/mol. The summed E-state index contributed by atoms with van der Waals surface area (Å²) in [5, 5.41) is 3.65. The van der Waals surface area contributed by atoms with E-state index < -0.39 is 0 Å². The molecule has 19 heavy (non-hydrogen) atoms. The van der Waals surface area contributed by atoms with Gasteiger partial charge in [-0.15, -0.1) is 0 Å². The van der Waals surface area contributed by atoms with Crippen molar-refractivity contribution in [1.29, 1.82) is 0 Å². The maximum absolute atomic E-state index is 5.43. The monoisotopic (exact) mass is 259 g/mol. The molecule has 1 fully saturated rings. The van der Waals surface area contributed by atoms with E-state index in [9.17, 15) is 0 Å². The highest BCUT2D eigenvalue weighted by Gasteiger charge is 2.26. The van der Waals surface area contributed by atoms with E-state index in [2.05, 4.69) is 41.4 Å². The zero-order valence-corrected chi connectivity index (χ0v) is 11.6. The summed E-state index contributed by atoms with van der Waals surface area (Å²) in [4.78, 5) is 6.47. The Morgan fingerprint density at radius 3 is 3.00 bits per heavy atom. The largest absolute Gasteiger partial charge is 0.443 e. The number of rotatable bonds is 3. The minimum Gasteiger partial charge on any atom is -0.443 e. The molecule has 0 spiro atoms. The first-order valence-corrected chi connectivity index (χ1v) is 6.98. The number of benzene rings is 1. The number of hydrogen-bond donors (Lipinski definition) is 1. The second-order valence-corrected chi connectivity index (χ2v) is 5.54. The first-order valence-electron chi connectivity index (χ1n) is 6.98. The number of nitrogens with zero attached hydrogens (tertiary/aromatic N) is 2. The van der Waals surface area contributed by atoms with Gasteiger partial charge < -0.3 is 14.6 Å². The normalized spacial score (nSPS) is 21.9. The van der Waals surface area contributed by atoms with E-state index in [0.717, 1.165) is 17.6 Å². The summed E-state index contributed by atoms with van der Waals surface area (Å²) in [7, 11) is 4.29. The van der Waals surface area contributed by atoms with Crippen LogP contribution in [0.3, 0.4) is 0 Å². The van der Waals surface area contributed by atoms with Crippen LogP contribution in [0.2, 0.25) is 0 Å². The third kappa shape index (κ3) is 2.51. The van der Waals surface area contributed by atoms with Gasteiger partial charge in [0, 0.05) is 12.1 Å². The molecule has 1 saturated heterocycles. The molecule has 0 radical (unpaired) electrons. The summed E-state index contributed by atoms with van der Waals surface area (Å²) >= 11 is 0. The molecular weight excluding hydrogens is 238 g/mol. The number of nitrogens with one attached hydrogen (secondary N) is 1. The van der Waals surface area contributed by atoms with Crippen molar-refractivity contribution in [2.75, 3.05) is 20.6 Å². The van der Waals surface area contributed by atoms with Gasteiger partial charge in [-0.3, -0.25) is 0 Å². The highest BCUT2D eigenvalue weighted by Crippen LogP contribution is 2.29. The molecule has 3 rings (SSSR count). The number of hydrogen-bond acceptors (Lipinski definition) is 4. The summed E-state index contributed by atoms with van der Waals surface area (Å²) in [6, 6.07) is 7.25. The van der Waals surface area contributed by atoms with Gasteiger partial charge in [0.05, 0.1) is 0 Å². The lowest BCUT2D eigenvalue weighted by atomic mass is 9.91. The first-order chi connectivity index (χ1) is 9.25. The molecule has 1 aromatic carbocycles. The van der Waals surface area contributed by atoms with Crippen molar-refractivity contribution in [3.63, 3.8) is 0 Å². The Kier molecular flexibility index (Phi) is 3.53. The highest BCUT2D eigenvalue weighted by molar-refractivity contribution is 5.72. The quantitative estimate of drug-likeness (QED) is 0.920. The minimum absolute atomic E-state index is 0.384. The Labute approximate surface area is 113 Å². The molecule has 1 N–H and O–H groups in total. The summed E-state index contributed by atoms with van der Waals surface area (Å²) in [5.74, 6) is 0. The fourth-order valence-electron chi connectivity index (χ4n) is 3.09. The molecule has 1 aliphatic rings. The van der Waals surface area contributed by atoms with Crippen molar-refractivity contribution >= 4 is 11.1 Å². The fraction of sp³-hybridized carbons (Fsp3) is 0.533. The molecule has 0 aliphatic carbocycles. The molecule has 2 heterocycles. The Bertz CT molecular complexity index is 543. The van der Waals surface area contributed by atoms with Crippen molar-refractivity contribution in [2.45, 2.75) is 31.3 Å². The summed E-state index contributed by atoms with van der Waals surface area (Å²) in [5.41, 5.74) is 3.10. The van der Waals surface area contributed by atoms with Crippen LogP contribution in [0, 0.1) is 0 Å². The SMILES string of the molecule is CN(C)C(c1ccc2ncoc2c1)C1CCCCN1. The maximum atomic E-state index is 5.43. The van der Waals surface area contributed by atoms with E-state index in [-0.39, 0.29) is 0 Å². The van der Waals surface area contributed by atoms with E-state index in [0.29, 0.717) is 12.1 Å². The molecule has 2 unspecified atom stereocenters. The molecule has 0 bridgehead atoms. The van der Waals surface area contributed by atoms with Crippen LogP contribution in [0.15, 0.2) is 29.0 Å². The minimum atomic E-state index is 0.384. The van der Waals surface area contributed by atoms with E-state index >= 15 is 0 Å². The van der Waals surface area contributed by atoms with E-state index in [1.165, 1.54) is 31.2 Å². The topological polar surface area (TPSA) is 41.3 Å². The Balaban J connectivity index is 1.93. The molecule has 0 saturated carbocycles. The zero-order valence-electron chi connectivity index (χ0n) is 11.6. The molecule has 102 valence electrons. The Hall–Kier alpha value is -1.39. The van der Waals surface area contributed by atoms with Crippen molar-refractivity contribution in [2.24, 2.45) is 0 Å². The van der Waals surface area contributed by atoms with Crippen molar-refractivity contribution in [3.8, 4) is 0 Å². The Morgan fingerprint density at radius 1 is 1.37 bits per heavy atom. The number of likely N-dealkylation sites (N-methyl/N-ethyl adjacent to an activating group) is 1. The van der Waals surface area contributed by atoms with Gasteiger partial charge in [0.2, 0.25) is 0 Å². The first kappa shape index (κ1) is 12.6. The van der Waals surface area contributed by atoms with E-state index in [1.54, 1.807) is 0 Å². The lowest BCUT2D eigenvalue weighted by Gasteiger charge is -2.35. The van der Waals surface area contributed by atoms with Crippen molar-refractivity contribution in [3.05, 3.63) is 30.2 Å². The standard InChI is InChI=1S/C15H21N3O/c1-18(2)15(13-5-3-4-8-16-13)11-6-7-12-14(9-11)19-10-17-12/h6-7,9-10,13,15-16H,3-5,8H2,1-2H3. The van der Waals surface area contributed by atoms with Crippen LogP contribution in [0.5, 0.6) is 0 Å². The third-order valence-corrected chi connectivity index (χ3v) is 3.98. The van der Waals surface area contributed by atoms with Gasteiger partial charge in [0.25, 0.3) is 0 Å². The van der Waals surface area contributed by atoms with Gasteiger partial charge in [-0.05, 0) is 51.2 Å². The fourth-order valence-corrected chi connectivity index (χ4v) is 3.09. The van der Waals surface area contributed by atoms with Crippen LogP contribution < -0.4 is 5.32 Å². The van der Waals surface area contributed by atoms with Gasteiger partial charge in [0.1, 0.15) is 5.52 Å². The molecule has 0 amide bonds. The molecule has 4 nitrogen and oxygen atoms in total. The molecule has 2 aromatic rings. The second-order valence-electron chi connectivity index (χ2n) is 5.54. The van der Waals surface area contributed by atoms with Crippen LogP contribution in [0.25, 0.3) is 11.1 Å². The van der Waals surface area contributed by atoms with Crippen LogP contribution in [-0.2, 0) is 0 Å². The predicted molar refractivity (Wildman–Crippen MR) is 76.1 cm³/mol. The average Bonchev–Trinajstić information content (AvgIpc) is 2.87. The lowest BCUT2D eigenvalue weighted by Crippen LogP contribution is -2.44. The molecule has 4 heteroatoms. The van der Waals surface area contributed by atoms with Crippen molar-refractivity contribution < 1.29 is 4.42 Å². The summed E-state index contributed by atoms with van der Waals surface area (Å²) in [6.07, 6.45) is 5.35. The number of piperidine rings is 1. The summed E-state index contributed by atoms with van der Waals surface area (Å²) in [6.45, 7) is 1.12. The molecule has 1 aliphatic heterocycles. The number of fused-ring (bicyclic) bond motifs is 1. The number of oxazole rings is 1. The van der Waals surface area contributed by atoms with Crippen LogP contribution >= 0.6 is 0 Å². The van der Waals surface area contributed by atoms with Crippen LogP contribution in [-0.4, -0.2) is 36.6 Å². The molecular formula is C15H21N3O. The molecule has 1 aromatic heterocycles. The van der Waals surface area contributed by atoms with Gasteiger partial charge in [-0.2, -0.15) is 0 Å². The Morgan fingerprint density at radius 2 is 2.26 bits per heavy atom. The number of aromatic nitrogens is 1. The van der Waals surface area contributed by atoms with Gasteiger partial charge >= 0.3 is 0 Å². The van der Waals surface area contributed by atoms with Gasteiger partial charge in [0.15, 0.2) is 12.0 Å². The van der Waals surface area contributed by atoms with Crippen LogP contribution in [0.4, 0.5) is 0 Å². The summed E-state index contributed by atoms with van der Waals surface area (Å²) < 4.78 is 5.43. The predicted octanol–water partition coefficient (Wildman–Crippen LogP) is 2.57. The van der Waals surface area contributed by atoms with Crippen molar-refractivity contribution in [1.82, 2.24) is 15.2 Å². The highest BCUT2D eigenvalue weighted by atomic mass is 16.3. The van der Waals surface area contributed by atoms with E-state index in [1.807, 2.05) is 6.07 Å². The third-order valence-electron chi connectivity index (χ3n) is 3.98. The van der Waals surface area contributed by atoms with Crippen LogP contribution in [0.1, 0.15) is 30.9 Å². The van der Waals surface area contributed by atoms with Gasteiger partial charge in [-0.1, -0.05) is 12.5 Å². The maximum Gasteiger partial charge on any atom is 0.181 e. The van der Waals surface area contributed by atoms with E-state index in [4.69, 9.17) is 4.42 Å². The second kappa shape index (κ2) is 5.31. The van der Waals surface area contributed by atoms with Gasteiger partial charge in [-0.25, -0.2) is 4.98 Å².